The summed E-state index contributed by atoms with van der Waals surface area (Å²) in [4.78, 5) is 14.9. The van der Waals surface area contributed by atoms with E-state index in [1.165, 1.54) is 21.3 Å². The number of nitrogens with zero attached hydrogens (tertiary/aromatic N) is 2. The highest BCUT2D eigenvalue weighted by atomic mass is 16.5. The Morgan fingerprint density at radius 3 is 2.71 bits per heavy atom. The van der Waals surface area contributed by atoms with E-state index >= 15 is 0 Å². The van der Waals surface area contributed by atoms with E-state index in [2.05, 4.69) is 65.3 Å². The van der Waals surface area contributed by atoms with E-state index in [-0.39, 0.29) is 12.8 Å². The predicted octanol–water partition coefficient (Wildman–Crippen LogP) is 5.18. The van der Waals surface area contributed by atoms with E-state index in [0.29, 0.717) is 17.8 Å². The Labute approximate surface area is 205 Å². The van der Waals surface area contributed by atoms with Gasteiger partial charge in [0.25, 0.3) is 0 Å². The third-order valence-electron chi connectivity index (χ3n) is 6.58. The van der Waals surface area contributed by atoms with Crippen LogP contribution in [0.4, 0.5) is 5.69 Å². The Morgan fingerprint density at radius 2 is 1.89 bits per heavy atom. The van der Waals surface area contributed by atoms with Crippen molar-refractivity contribution in [3.8, 4) is 11.1 Å². The minimum Gasteiger partial charge on any atom is -0.478 e. The first-order valence-corrected chi connectivity index (χ1v) is 12.2. The summed E-state index contributed by atoms with van der Waals surface area (Å²) in [6.45, 7) is 8.46. The highest BCUT2D eigenvalue weighted by molar-refractivity contribution is 5.87. The zero-order valence-corrected chi connectivity index (χ0v) is 20.1. The van der Waals surface area contributed by atoms with Gasteiger partial charge in [-0.2, -0.15) is 0 Å². The molecule has 1 aromatic heterocycles. The van der Waals surface area contributed by atoms with Crippen molar-refractivity contribution < 1.29 is 9.15 Å². The fourth-order valence-corrected chi connectivity index (χ4v) is 4.67. The number of benzene rings is 3. The first-order chi connectivity index (χ1) is 17.1. The van der Waals surface area contributed by atoms with Crippen molar-refractivity contribution >= 4 is 16.8 Å². The van der Waals surface area contributed by atoms with E-state index in [1.807, 2.05) is 31.2 Å². The number of piperazine rings is 1. The van der Waals surface area contributed by atoms with Gasteiger partial charge in [0.15, 0.2) is 12.3 Å². The van der Waals surface area contributed by atoms with Crippen LogP contribution in [0.3, 0.4) is 0 Å². The summed E-state index contributed by atoms with van der Waals surface area (Å²) in [5.74, 6) is 0.226. The molecule has 1 saturated heterocycles. The number of nitrogens with one attached hydrogen (secondary N) is 1. The maximum Gasteiger partial charge on any atom is 0.422 e. The lowest BCUT2D eigenvalue weighted by atomic mass is 9.98. The van der Waals surface area contributed by atoms with Crippen molar-refractivity contribution in [1.82, 2.24) is 9.88 Å². The quantitative estimate of drug-likeness (QED) is 0.360. The number of rotatable bonds is 8. The monoisotopic (exact) mass is 469 g/mol. The van der Waals surface area contributed by atoms with Crippen LogP contribution in [-0.4, -0.2) is 30.2 Å². The maximum absolute atomic E-state index is 12.6. The molecule has 4 aromatic rings. The molecular formula is C29H31N3O3. The molecule has 0 bridgehead atoms. The first-order valence-electron chi connectivity index (χ1n) is 12.2. The molecule has 1 fully saturated rings. The lowest BCUT2D eigenvalue weighted by molar-refractivity contribution is 0.136. The molecular weight excluding hydrogens is 438 g/mol. The van der Waals surface area contributed by atoms with Gasteiger partial charge in [-0.3, -0.25) is 0 Å². The van der Waals surface area contributed by atoms with Crippen molar-refractivity contribution in [2.24, 2.45) is 0 Å². The van der Waals surface area contributed by atoms with Crippen molar-refractivity contribution in [3.05, 3.63) is 101 Å². The SMILES string of the molecule is C=C(CC)OCn1c(=O)oc2c(N3CCNC(Cc4cccc(-c5ccccc5)c4)C3)cccc21. The summed E-state index contributed by atoms with van der Waals surface area (Å²) < 4.78 is 12.8. The fourth-order valence-electron chi connectivity index (χ4n) is 4.67. The molecule has 1 unspecified atom stereocenters. The number of fused-ring (bicyclic) bond motifs is 1. The number of hydrogen-bond acceptors (Lipinski definition) is 5. The number of anilines is 1. The smallest absolute Gasteiger partial charge is 0.422 e. The molecule has 6 nitrogen and oxygen atoms in total. The average Bonchev–Trinajstić information content (AvgIpc) is 3.23. The third-order valence-corrected chi connectivity index (χ3v) is 6.58. The van der Waals surface area contributed by atoms with Gasteiger partial charge in [-0.15, -0.1) is 0 Å². The number of ether oxygens (including phenoxy) is 1. The topological polar surface area (TPSA) is 59.6 Å². The highest BCUT2D eigenvalue weighted by Gasteiger charge is 2.24. The minimum absolute atomic E-state index is 0.101. The molecule has 1 aliphatic rings. The summed E-state index contributed by atoms with van der Waals surface area (Å²) in [6, 6.07) is 25.4. The maximum atomic E-state index is 12.6. The molecule has 0 saturated carbocycles. The molecule has 35 heavy (non-hydrogen) atoms. The van der Waals surface area contributed by atoms with Gasteiger partial charge in [0, 0.05) is 32.1 Å². The Morgan fingerprint density at radius 1 is 1.09 bits per heavy atom. The number of aromatic nitrogens is 1. The molecule has 1 atom stereocenters. The second-order valence-corrected chi connectivity index (χ2v) is 8.95. The Hall–Kier alpha value is -3.77. The Balaban J connectivity index is 1.34. The summed E-state index contributed by atoms with van der Waals surface area (Å²) >= 11 is 0. The number of para-hydroxylation sites is 1. The molecule has 0 amide bonds. The Kier molecular flexibility index (Phi) is 6.73. The van der Waals surface area contributed by atoms with Crippen LogP contribution in [0.5, 0.6) is 0 Å². The molecule has 180 valence electrons. The van der Waals surface area contributed by atoms with E-state index in [0.717, 1.165) is 37.3 Å². The van der Waals surface area contributed by atoms with Crippen LogP contribution in [0.2, 0.25) is 0 Å². The molecule has 0 radical (unpaired) electrons. The Bertz CT molecular complexity index is 1370. The van der Waals surface area contributed by atoms with Gasteiger partial charge >= 0.3 is 5.76 Å². The first kappa shape index (κ1) is 23.0. The lowest BCUT2D eigenvalue weighted by Gasteiger charge is -2.35. The van der Waals surface area contributed by atoms with Crippen LogP contribution < -0.4 is 16.0 Å². The molecule has 5 rings (SSSR count). The van der Waals surface area contributed by atoms with Crippen LogP contribution in [0.1, 0.15) is 18.9 Å². The second kappa shape index (κ2) is 10.2. The molecule has 0 spiro atoms. The van der Waals surface area contributed by atoms with E-state index in [9.17, 15) is 4.79 Å². The largest absolute Gasteiger partial charge is 0.478 e. The van der Waals surface area contributed by atoms with Gasteiger partial charge in [0.2, 0.25) is 0 Å². The zero-order valence-electron chi connectivity index (χ0n) is 20.1. The van der Waals surface area contributed by atoms with E-state index in [4.69, 9.17) is 9.15 Å². The normalized spacial score (nSPS) is 15.9. The predicted molar refractivity (Wildman–Crippen MR) is 141 cm³/mol. The van der Waals surface area contributed by atoms with E-state index in [1.54, 1.807) is 0 Å². The van der Waals surface area contributed by atoms with Crippen LogP contribution in [-0.2, 0) is 17.9 Å². The minimum atomic E-state index is -0.416. The van der Waals surface area contributed by atoms with Gasteiger partial charge in [-0.1, -0.05) is 74.2 Å². The third kappa shape index (κ3) is 5.03. The zero-order chi connectivity index (χ0) is 24.2. The van der Waals surface area contributed by atoms with Crippen molar-refractivity contribution in [2.45, 2.75) is 32.5 Å². The van der Waals surface area contributed by atoms with Crippen molar-refractivity contribution in [1.29, 1.82) is 0 Å². The molecule has 0 aliphatic carbocycles. The van der Waals surface area contributed by atoms with Gasteiger partial charge in [0.1, 0.15) is 0 Å². The second-order valence-electron chi connectivity index (χ2n) is 8.95. The standard InChI is InChI=1S/C29H31N3O3/c1-3-21(2)34-20-32-27-14-8-13-26(28(27)35-29(32)33)31-16-15-30-25(19-31)18-22-9-7-12-24(17-22)23-10-5-4-6-11-23/h4-14,17,25,30H,2-3,15-16,18-20H2,1H3. The summed E-state index contributed by atoms with van der Waals surface area (Å²) in [5, 5.41) is 3.66. The summed E-state index contributed by atoms with van der Waals surface area (Å²) in [5.41, 5.74) is 6.05. The summed E-state index contributed by atoms with van der Waals surface area (Å²) in [7, 11) is 0. The number of allylic oxidation sites excluding steroid dienone is 1. The van der Waals surface area contributed by atoms with Gasteiger partial charge in [-0.05, 0) is 35.2 Å². The number of oxazole rings is 1. The van der Waals surface area contributed by atoms with Crippen molar-refractivity contribution in [3.63, 3.8) is 0 Å². The van der Waals surface area contributed by atoms with Crippen LogP contribution in [0.25, 0.3) is 22.2 Å². The van der Waals surface area contributed by atoms with Crippen molar-refractivity contribution in [2.75, 3.05) is 24.5 Å². The molecule has 3 aromatic carbocycles. The van der Waals surface area contributed by atoms with Crippen LogP contribution in [0, 0.1) is 0 Å². The molecule has 2 heterocycles. The highest BCUT2D eigenvalue weighted by Crippen LogP contribution is 2.28. The molecule has 6 heteroatoms. The summed E-state index contributed by atoms with van der Waals surface area (Å²) in [6.07, 6.45) is 1.62. The van der Waals surface area contributed by atoms with Gasteiger partial charge in [0.05, 0.1) is 17.0 Å². The molecule has 1 N–H and O–H groups in total. The van der Waals surface area contributed by atoms with E-state index < -0.39 is 5.76 Å². The fraction of sp³-hybridized carbons (Fsp3) is 0.276. The van der Waals surface area contributed by atoms with Crippen LogP contribution in [0.15, 0.2) is 94.3 Å². The average molecular weight is 470 g/mol. The van der Waals surface area contributed by atoms with Gasteiger partial charge < -0.3 is 19.4 Å². The lowest BCUT2D eigenvalue weighted by Crippen LogP contribution is -2.51. The van der Waals surface area contributed by atoms with Gasteiger partial charge in [-0.25, -0.2) is 9.36 Å². The van der Waals surface area contributed by atoms with Crippen LogP contribution >= 0.6 is 0 Å². The molecule has 1 aliphatic heterocycles. The number of hydrogen-bond donors (Lipinski definition) is 1.